The van der Waals surface area contributed by atoms with Gasteiger partial charge in [0, 0.05) is 38.7 Å². The lowest BCUT2D eigenvalue weighted by atomic mass is 9.97. The number of nitrogens with one attached hydrogen (secondary N) is 1. The fraction of sp³-hybridized carbons (Fsp3) is 0.364. The van der Waals surface area contributed by atoms with Crippen LogP contribution in [0.1, 0.15) is 26.7 Å². The van der Waals surface area contributed by atoms with Crippen molar-refractivity contribution in [2.75, 3.05) is 29.9 Å². The molecule has 0 aliphatic carbocycles. The Kier molecular flexibility index (Phi) is 10.1. The zero-order valence-electron chi connectivity index (χ0n) is 19.9. The summed E-state index contributed by atoms with van der Waals surface area (Å²) in [6.07, 6.45) is 3.63. The fourth-order valence-corrected chi connectivity index (χ4v) is 3.87. The number of nitrogens with zero attached hydrogens (tertiary/aromatic N) is 3. The molecule has 0 spiro atoms. The molecule has 0 bridgehead atoms. The summed E-state index contributed by atoms with van der Waals surface area (Å²) in [5.74, 6) is 0.0300. The van der Waals surface area contributed by atoms with Crippen LogP contribution in [0.4, 0.5) is 17.5 Å². The number of sulfonamides is 1. The standard InChI is InChI=1S/C18H22N6O3S.2C2H4O2/c19-11-12-5-8-24(9-6-12)17-16-15(7-10-27-16)22-18(23-17)21-13-1-3-14(4-2-13)28(20,25)26;2*1-2(3)4/h1-4,7,10,12H,5-6,8-9,11,19H2,(H2,20,25,26)(H,21,22,23);2*1H3,(H,3,4). The molecule has 1 aliphatic heterocycles. The summed E-state index contributed by atoms with van der Waals surface area (Å²) < 4.78 is 28.4. The quantitative estimate of drug-likeness (QED) is 0.325. The molecule has 4 rings (SSSR count). The summed E-state index contributed by atoms with van der Waals surface area (Å²) >= 11 is 0. The van der Waals surface area contributed by atoms with Crippen LogP contribution in [0.25, 0.3) is 11.1 Å². The SMILES string of the molecule is CC(=O)O.CC(=O)O.NCC1CCN(c2nc(Nc3ccc(S(N)(=O)=O)cc3)nc3ccoc23)CC1. The van der Waals surface area contributed by atoms with E-state index >= 15 is 0 Å². The normalized spacial score (nSPS) is 13.7. The Morgan fingerprint density at radius 3 is 2.14 bits per heavy atom. The summed E-state index contributed by atoms with van der Waals surface area (Å²) in [6.45, 7) is 4.59. The van der Waals surface area contributed by atoms with Gasteiger partial charge in [-0.15, -0.1) is 0 Å². The van der Waals surface area contributed by atoms with Crippen molar-refractivity contribution in [3.05, 3.63) is 36.6 Å². The number of aromatic nitrogens is 2. The Labute approximate surface area is 208 Å². The number of piperidine rings is 1. The van der Waals surface area contributed by atoms with Crippen LogP contribution in [0.2, 0.25) is 0 Å². The summed E-state index contributed by atoms with van der Waals surface area (Å²) in [5.41, 5.74) is 7.80. The highest BCUT2D eigenvalue weighted by Crippen LogP contribution is 2.30. The van der Waals surface area contributed by atoms with Gasteiger partial charge in [-0.05, 0) is 49.6 Å². The first-order chi connectivity index (χ1) is 16.9. The van der Waals surface area contributed by atoms with Crippen molar-refractivity contribution in [3.63, 3.8) is 0 Å². The maximum Gasteiger partial charge on any atom is 0.300 e. The molecule has 2 aromatic heterocycles. The lowest BCUT2D eigenvalue weighted by Crippen LogP contribution is -2.36. The minimum absolute atomic E-state index is 0.0488. The summed E-state index contributed by atoms with van der Waals surface area (Å²) in [6, 6.07) is 7.91. The number of hydrogen-bond donors (Lipinski definition) is 5. The van der Waals surface area contributed by atoms with Crippen LogP contribution in [0.3, 0.4) is 0 Å². The smallest absolute Gasteiger partial charge is 0.300 e. The molecule has 36 heavy (non-hydrogen) atoms. The van der Waals surface area contributed by atoms with Crippen molar-refractivity contribution in [3.8, 4) is 0 Å². The number of aliphatic carboxylic acids is 2. The maximum absolute atomic E-state index is 11.4. The van der Waals surface area contributed by atoms with E-state index in [1.54, 1.807) is 24.5 Å². The number of carbonyl (C=O) groups is 2. The van der Waals surface area contributed by atoms with Gasteiger partial charge in [-0.2, -0.15) is 4.98 Å². The predicted octanol–water partition coefficient (Wildman–Crippen LogP) is 1.97. The summed E-state index contributed by atoms with van der Waals surface area (Å²) in [7, 11) is -3.73. The van der Waals surface area contributed by atoms with Gasteiger partial charge in [0.1, 0.15) is 5.52 Å². The second-order valence-corrected chi connectivity index (χ2v) is 9.47. The molecule has 0 amide bonds. The number of fused-ring (bicyclic) bond motifs is 1. The Balaban J connectivity index is 0.000000501. The minimum Gasteiger partial charge on any atom is -0.481 e. The largest absolute Gasteiger partial charge is 0.481 e. The molecular weight excluding hydrogens is 492 g/mol. The zero-order valence-corrected chi connectivity index (χ0v) is 20.7. The second kappa shape index (κ2) is 12.8. The van der Waals surface area contributed by atoms with E-state index in [4.69, 9.17) is 35.1 Å². The van der Waals surface area contributed by atoms with Gasteiger partial charge >= 0.3 is 0 Å². The third kappa shape index (κ3) is 8.79. The predicted molar refractivity (Wildman–Crippen MR) is 134 cm³/mol. The van der Waals surface area contributed by atoms with Gasteiger partial charge in [0.2, 0.25) is 16.0 Å². The van der Waals surface area contributed by atoms with E-state index in [-0.39, 0.29) is 4.90 Å². The van der Waals surface area contributed by atoms with Crippen molar-refractivity contribution in [2.24, 2.45) is 16.8 Å². The Morgan fingerprint density at radius 2 is 1.64 bits per heavy atom. The lowest BCUT2D eigenvalue weighted by molar-refractivity contribution is -0.135. The number of carboxylic acids is 2. The van der Waals surface area contributed by atoms with Gasteiger partial charge in [-0.1, -0.05) is 0 Å². The number of furan rings is 1. The molecule has 0 atom stereocenters. The molecule has 0 radical (unpaired) electrons. The monoisotopic (exact) mass is 522 g/mol. The molecule has 1 aliphatic rings. The average molecular weight is 523 g/mol. The van der Waals surface area contributed by atoms with E-state index in [9.17, 15) is 8.42 Å². The number of carboxylic acid groups (broad SMARTS) is 2. The van der Waals surface area contributed by atoms with Gasteiger partial charge in [0.15, 0.2) is 11.4 Å². The molecule has 1 aromatic carbocycles. The Bertz CT molecular complexity index is 1250. The molecule has 1 saturated heterocycles. The molecule has 7 N–H and O–H groups in total. The van der Waals surface area contributed by atoms with E-state index in [1.807, 2.05) is 0 Å². The second-order valence-electron chi connectivity index (χ2n) is 7.90. The molecule has 0 saturated carbocycles. The van der Waals surface area contributed by atoms with Crippen LogP contribution in [0.15, 0.2) is 45.9 Å². The van der Waals surface area contributed by atoms with E-state index in [0.717, 1.165) is 45.6 Å². The van der Waals surface area contributed by atoms with Crippen molar-refractivity contribution in [1.29, 1.82) is 0 Å². The molecule has 3 heterocycles. The highest BCUT2D eigenvalue weighted by molar-refractivity contribution is 7.89. The first kappa shape index (κ1) is 28.5. The van der Waals surface area contributed by atoms with Crippen molar-refractivity contribution in [2.45, 2.75) is 31.6 Å². The van der Waals surface area contributed by atoms with Crippen LogP contribution < -0.4 is 21.1 Å². The van der Waals surface area contributed by atoms with Crippen LogP contribution in [0, 0.1) is 5.92 Å². The third-order valence-electron chi connectivity index (χ3n) is 4.97. The first-order valence-corrected chi connectivity index (χ1v) is 12.4. The molecule has 14 heteroatoms. The van der Waals surface area contributed by atoms with Crippen LogP contribution in [-0.4, -0.2) is 60.2 Å². The number of primary sulfonamides is 1. The maximum atomic E-state index is 11.4. The van der Waals surface area contributed by atoms with Crippen LogP contribution >= 0.6 is 0 Å². The fourth-order valence-electron chi connectivity index (χ4n) is 3.36. The molecule has 196 valence electrons. The minimum atomic E-state index is -3.73. The van der Waals surface area contributed by atoms with Crippen molar-refractivity contribution < 1.29 is 32.6 Å². The topological polar surface area (TPSA) is 215 Å². The molecule has 3 aromatic rings. The Morgan fingerprint density at radius 1 is 1.08 bits per heavy atom. The first-order valence-electron chi connectivity index (χ1n) is 10.9. The van der Waals surface area contributed by atoms with Gasteiger partial charge in [-0.3, -0.25) is 9.59 Å². The molecule has 0 unspecified atom stereocenters. The number of rotatable bonds is 5. The van der Waals surface area contributed by atoms with Crippen molar-refractivity contribution in [1.82, 2.24) is 9.97 Å². The molecule has 1 fully saturated rings. The highest BCUT2D eigenvalue weighted by Gasteiger charge is 2.23. The lowest BCUT2D eigenvalue weighted by Gasteiger charge is -2.32. The van der Waals surface area contributed by atoms with E-state index in [1.165, 1.54) is 12.1 Å². The third-order valence-corrected chi connectivity index (χ3v) is 5.90. The van der Waals surface area contributed by atoms with Crippen LogP contribution in [0.5, 0.6) is 0 Å². The highest BCUT2D eigenvalue weighted by atomic mass is 32.2. The average Bonchev–Trinajstić information content (AvgIpc) is 3.26. The van der Waals surface area contributed by atoms with Gasteiger partial charge in [-0.25, -0.2) is 18.5 Å². The van der Waals surface area contributed by atoms with E-state index in [2.05, 4.69) is 20.2 Å². The molecular formula is C22H30N6O7S. The van der Waals surface area contributed by atoms with Crippen LogP contribution in [-0.2, 0) is 19.6 Å². The van der Waals surface area contributed by atoms with E-state index in [0.29, 0.717) is 35.2 Å². The van der Waals surface area contributed by atoms with Crippen molar-refractivity contribution >= 4 is 50.5 Å². The number of nitrogens with two attached hydrogens (primary N) is 2. The summed E-state index contributed by atoms with van der Waals surface area (Å²) in [5, 5.41) is 23.1. The number of anilines is 3. The van der Waals surface area contributed by atoms with Gasteiger partial charge in [0.25, 0.3) is 11.9 Å². The number of benzene rings is 1. The molecule has 13 nitrogen and oxygen atoms in total. The van der Waals surface area contributed by atoms with Gasteiger partial charge < -0.3 is 30.6 Å². The Hall–Kier alpha value is -3.75. The number of hydrogen-bond acceptors (Lipinski definition) is 10. The van der Waals surface area contributed by atoms with E-state index < -0.39 is 22.0 Å². The zero-order chi connectivity index (χ0) is 26.9. The summed E-state index contributed by atoms with van der Waals surface area (Å²) in [4.78, 5) is 29.4. The van der Waals surface area contributed by atoms with Gasteiger partial charge in [0.05, 0.1) is 11.2 Å².